The third-order valence-corrected chi connectivity index (χ3v) is 7.28. The number of H-pyrrole nitrogens is 1. The van der Waals surface area contributed by atoms with Gasteiger partial charge in [-0.05, 0) is 54.3 Å². The van der Waals surface area contributed by atoms with Crippen LogP contribution < -0.4 is 22.5 Å². The van der Waals surface area contributed by atoms with Gasteiger partial charge in [0, 0.05) is 20.0 Å². The van der Waals surface area contributed by atoms with Gasteiger partial charge in [0.1, 0.15) is 11.7 Å². The van der Waals surface area contributed by atoms with Crippen LogP contribution in [0.25, 0.3) is 22.4 Å². The summed E-state index contributed by atoms with van der Waals surface area (Å²) in [7, 11) is -0.428. The zero-order chi connectivity index (χ0) is 24.2. The second-order valence-electron chi connectivity index (χ2n) is 9.06. The molecule has 34 heavy (non-hydrogen) atoms. The van der Waals surface area contributed by atoms with Crippen LogP contribution in [0.2, 0.25) is 19.1 Å². The van der Waals surface area contributed by atoms with Crippen LogP contribution in [0, 0.1) is 0 Å². The number of aliphatic imine (C=N–C) groups is 1. The Morgan fingerprint density at radius 2 is 1.88 bits per heavy atom. The van der Waals surface area contributed by atoms with Crippen LogP contribution in [0.1, 0.15) is 30.3 Å². The number of amides is 1. The third kappa shape index (κ3) is 5.44. The number of carbonyl (C=O) groups excluding carboxylic acids is 1. The van der Waals surface area contributed by atoms with Crippen LogP contribution in [-0.2, 0) is 4.79 Å². The number of hydrogen-bond donors (Lipinski definition) is 5. The second kappa shape index (κ2) is 10.3. The van der Waals surface area contributed by atoms with Gasteiger partial charge in [-0.1, -0.05) is 43.4 Å². The number of nitrogens with two attached hydrogens (primary N) is 3. The molecule has 2 heterocycles. The van der Waals surface area contributed by atoms with Crippen molar-refractivity contribution >= 4 is 26.2 Å². The van der Waals surface area contributed by atoms with Gasteiger partial charge < -0.3 is 27.5 Å². The first-order valence-electron chi connectivity index (χ1n) is 11.5. The summed E-state index contributed by atoms with van der Waals surface area (Å²) in [6.45, 7) is 5.32. The van der Waals surface area contributed by atoms with E-state index in [-0.39, 0.29) is 23.8 Å². The Labute approximate surface area is 201 Å². The molecular formula is C25H32N7OSi. The summed E-state index contributed by atoms with van der Waals surface area (Å²) in [5.41, 5.74) is 23.5. The minimum Gasteiger partial charge on any atom is -0.398 e. The predicted molar refractivity (Wildman–Crippen MR) is 140 cm³/mol. The molecule has 1 aliphatic rings. The van der Waals surface area contributed by atoms with Gasteiger partial charge in [0.05, 0.1) is 24.0 Å². The second-order valence-corrected chi connectivity index (χ2v) is 11.9. The first kappa shape index (κ1) is 23.9. The molecule has 9 heteroatoms. The van der Waals surface area contributed by atoms with E-state index in [2.05, 4.69) is 33.4 Å². The van der Waals surface area contributed by atoms with Crippen molar-refractivity contribution < 1.29 is 4.79 Å². The van der Waals surface area contributed by atoms with Crippen molar-refractivity contribution in [2.75, 3.05) is 12.3 Å². The van der Waals surface area contributed by atoms with Crippen molar-refractivity contribution in [3.05, 3.63) is 60.0 Å². The fourth-order valence-corrected chi connectivity index (χ4v) is 5.23. The maximum atomic E-state index is 12.4. The standard InChI is InChI=1S/C25H32N7OSi/c1-34(2)14-20(27)24-30-13-22(31-24)16-7-5-15(6-8-16)17-9-10-19(26)18(12-17)23(28)32-25(33)21-4-3-11-29-21/h5-10,12-13,20-21,29H,3-4,11,14,26-27H2,1-2H3,(H,30,31)(H2,28,32,33). The van der Waals surface area contributed by atoms with Gasteiger partial charge in [0.2, 0.25) is 0 Å². The molecule has 1 aromatic heterocycles. The highest BCUT2D eigenvalue weighted by molar-refractivity contribution is 6.55. The highest BCUT2D eigenvalue weighted by Crippen LogP contribution is 2.27. The van der Waals surface area contributed by atoms with E-state index < -0.39 is 8.80 Å². The van der Waals surface area contributed by atoms with Crippen LogP contribution >= 0.6 is 0 Å². The molecule has 177 valence electrons. The maximum absolute atomic E-state index is 12.4. The number of hydrogen-bond acceptors (Lipinski definition) is 5. The van der Waals surface area contributed by atoms with Crippen molar-refractivity contribution in [3.8, 4) is 22.4 Å². The number of aromatic nitrogens is 2. The summed E-state index contributed by atoms with van der Waals surface area (Å²) in [6.07, 6.45) is 3.57. The van der Waals surface area contributed by atoms with Gasteiger partial charge in [-0.25, -0.2) is 4.98 Å². The predicted octanol–water partition coefficient (Wildman–Crippen LogP) is 3.06. The number of rotatable bonds is 7. The van der Waals surface area contributed by atoms with E-state index in [9.17, 15) is 4.79 Å². The molecule has 1 radical (unpaired) electrons. The number of nitrogen functional groups attached to an aromatic ring is 1. The summed E-state index contributed by atoms with van der Waals surface area (Å²) in [5.74, 6) is 0.711. The van der Waals surface area contributed by atoms with Crippen molar-refractivity contribution in [2.24, 2.45) is 16.5 Å². The SMILES string of the molecule is C[Si](C)CC(N)c1ncc(-c2ccc(-c3ccc(N)c(C(N)=NC(=O)C4CCCN4)c3)cc2)[nH]1. The summed E-state index contributed by atoms with van der Waals surface area (Å²) < 4.78 is 0. The van der Waals surface area contributed by atoms with Crippen LogP contribution in [0.5, 0.6) is 0 Å². The topological polar surface area (TPSA) is 148 Å². The van der Waals surface area contributed by atoms with Gasteiger partial charge in [-0.3, -0.25) is 4.79 Å². The average Bonchev–Trinajstić information content (AvgIpc) is 3.52. The highest BCUT2D eigenvalue weighted by atomic mass is 28.3. The number of imidazole rings is 1. The Hall–Kier alpha value is -3.27. The van der Waals surface area contributed by atoms with Crippen LogP contribution in [0.3, 0.4) is 0 Å². The Bertz CT molecular complexity index is 1180. The normalized spacial score (nSPS) is 17.3. The zero-order valence-electron chi connectivity index (χ0n) is 19.6. The monoisotopic (exact) mass is 474 g/mol. The van der Waals surface area contributed by atoms with E-state index in [1.54, 1.807) is 6.07 Å². The molecular weight excluding hydrogens is 442 g/mol. The maximum Gasteiger partial charge on any atom is 0.264 e. The first-order chi connectivity index (χ1) is 16.3. The van der Waals surface area contributed by atoms with Gasteiger partial charge >= 0.3 is 0 Å². The largest absolute Gasteiger partial charge is 0.398 e. The molecule has 0 aliphatic carbocycles. The lowest BCUT2D eigenvalue weighted by Gasteiger charge is -2.11. The van der Waals surface area contributed by atoms with E-state index in [0.29, 0.717) is 11.3 Å². The molecule has 1 aliphatic heterocycles. The number of anilines is 1. The molecule has 3 aromatic rings. The van der Waals surface area contributed by atoms with Gasteiger partial charge in [-0.2, -0.15) is 4.99 Å². The Balaban J connectivity index is 1.53. The molecule has 0 spiro atoms. The smallest absolute Gasteiger partial charge is 0.264 e. The summed E-state index contributed by atoms with van der Waals surface area (Å²) in [6, 6.07) is 14.4. The van der Waals surface area contributed by atoms with E-state index in [4.69, 9.17) is 17.2 Å². The highest BCUT2D eigenvalue weighted by Gasteiger charge is 2.22. The molecule has 8 nitrogen and oxygen atoms in total. The Kier molecular flexibility index (Phi) is 7.25. The minimum atomic E-state index is -0.428. The number of aromatic amines is 1. The number of benzene rings is 2. The molecule has 0 saturated carbocycles. The zero-order valence-corrected chi connectivity index (χ0v) is 20.6. The van der Waals surface area contributed by atoms with E-state index in [0.717, 1.165) is 53.6 Å². The number of amidine groups is 1. The lowest BCUT2D eigenvalue weighted by molar-refractivity contribution is -0.119. The summed E-state index contributed by atoms with van der Waals surface area (Å²) in [5, 5.41) is 3.14. The van der Waals surface area contributed by atoms with Crippen LogP contribution in [0.4, 0.5) is 5.69 Å². The van der Waals surface area contributed by atoms with Crippen molar-refractivity contribution in [2.45, 2.75) is 44.1 Å². The van der Waals surface area contributed by atoms with Crippen LogP contribution in [0.15, 0.2) is 53.7 Å². The first-order valence-corrected chi connectivity index (χ1v) is 14.2. The van der Waals surface area contributed by atoms with Crippen molar-refractivity contribution in [1.82, 2.24) is 15.3 Å². The Morgan fingerprint density at radius 3 is 2.56 bits per heavy atom. The molecule has 4 rings (SSSR count). The molecule has 0 bridgehead atoms. The molecule has 2 unspecified atom stereocenters. The lowest BCUT2D eigenvalue weighted by atomic mass is 9.99. The van der Waals surface area contributed by atoms with Gasteiger partial charge in [-0.15, -0.1) is 0 Å². The molecule has 8 N–H and O–H groups in total. The number of nitrogens with one attached hydrogen (secondary N) is 2. The fourth-order valence-electron chi connectivity index (χ4n) is 4.16. The minimum absolute atomic E-state index is 0.0615. The molecule has 1 amide bonds. The van der Waals surface area contributed by atoms with Crippen LogP contribution in [-0.4, -0.2) is 43.1 Å². The molecule has 1 fully saturated rings. The van der Waals surface area contributed by atoms with Crippen molar-refractivity contribution in [3.63, 3.8) is 0 Å². The quantitative estimate of drug-likeness (QED) is 0.154. The fraction of sp³-hybridized carbons (Fsp3) is 0.320. The van der Waals surface area contributed by atoms with Gasteiger partial charge in [0.15, 0.2) is 0 Å². The third-order valence-electron chi connectivity index (χ3n) is 6.02. The molecule has 1 saturated heterocycles. The summed E-state index contributed by atoms with van der Waals surface area (Å²) in [4.78, 5) is 24.3. The number of carbonyl (C=O) groups is 1. The van der Waals surface area contributed by atoms with E-state index >= 15 is 0 Å². The molecule has 2 aromatic carbocycles. The van der Waals surface area contributed by atoms with Gasteiger partial charge in [0.25, 0.3) is 5.91 Å². The summed E-state index contributed by atoms with van der Waals surface area (Å²) >= 11 is 0. The van der Waals surface area contributed by atoms with Crippen molar-refractivity contribution in [1.29, 1.82) is 0 Å². The molecule has 2 atom stereocenters. The lowest BCUT2D eigenvalue weighted by Crippen LogP contribution is -2.31. The van der Waals surface area contributed by atoms with E-state index in [1.165, 1.54) is 0 Å². The average molecular weight is 475 g/mol. The Morgan fingerprint density at radius 1 is 1.18 bits per heavy atom. The number of nitrogens with zero attached hydrogens (tertiary/aromatic N) is 2. The van der Waals surface area contributed by atoms with E-state index in [1.807, 2.05) is 42.6 Å².